The van der Waals surface area contributed by atoms with Gasteiger partial charge in [0, 0.05) is 17.0 Å². The molecule has 0 radical (unpaired) electrons. The van der Waals surface area contributed by atoms with Crippen LogP contribution in [0.2, 0.25) is 0 Å². The van der Waals surface area contributed by atoms with E-state index >= 15 is 0 Å². The van der Waals surface area contributed by atoms with Crippen LogP contribution >= 0.6 is 11.3 Å². The molecule has 0 saturated heterocycles. The third-order valence-corrected chi connectivity index (χ3v) is 4.67. The highest BCUT2D eigenvalue weighted by Gasteiger charge is 2.23. The summed E-state index contributed by atoms with van der Waals surface area (Å²) < 4.78 is 18.4. The van der Waals surface area contributed by atoms with Gasteiger partial charge in [0.25, 0.3) is 0 Å². The van der Waals surface area contributed by atoms with Crippen molar-refractivity contribution in [2.24, 2.45) is 0 Å². The summed E-state index contributed by atoms with van der Waals surface area (Å²) in [6.45, 7) is 0. The van der Waals surface area contributed by atoms with Gasteiger partial charge in [-0.1, -0.05) is 6.07 Å². The molecule has 1 aliphatic carbocycles. The maximum atomic E-state index is 12.8. The van der Waals surface area contributed by atoms with Crippen LogP contribution in [0, 0.1) is 5.82 Å². The molecule has 1 N–H and O–H groups in total. The van der Waals surface area contributed by atoms with E-state index in [0.717, 1.165) is 43.0 Å². The molecule has 1 saturated carbocycles. The van der Waals surface area contributed by atoms with E-state index in [1.165, 1.54) is 0 Å². The van der Waals surface area contributed by atoms with Crippen LogP contribution in [0.25, 0.3) is 6.08 Å². The molecule has 2 heterocycles. The fourth-order valence-corrected chi connectivity index (χ4v) is 3.25. The molecule has 1 fully saturated rings. The molecule has 1 amide bonds. The summed E-state index contributed by atoms with van der Waals surface area (Å²) in [5.41, 5.74) is 0. The molecule has 0 atom stereocenters. The summed E-state index contributed by atoms with van der Waals surface area (Å²) in [7, 11) is 0. The van der Waals surface area contributed by atoms with Crippen molar-refractivity contribution in [2.45, 2.75) is 37.8 Å². The second-order valence-electron chi connectivity index (χ2n) is 5.63. The van der Waals surface area contributed by atoms with Gasteiger partial charge in [-0.05, 0) is 43.2 Å². The number of hydrogen-bond donors (Lipinski definition) is 1. The van der Waals surface area contributed by atoms with Gasteiger partial charge in [-0.25, -0.2) is 14.4 Å². The first-order valence-electron chi connectivity index (χ1n) is 7.85. The molecule has 126 valence electrons. The molecule has 2 aromatic rings. The molecular weight excluding hydrogens is 329 g/mol. The van der Waals surface area contributed by atoms with E-state index in [2.05, 4.69) is 15.3 Å². The van der Waals surface area contributed by atoms with Crippen LogP contribution in [-0.2, 0) is 4.79 Å². The number of nitrogens with one attached hydrogen (secondary N) is 1. The molecule has 5 nitrogen and oxygen atoms in total. The highest BCUT2D eigenvalue weighted by Crippen LogP contribution is 2.22. The largest absolute Gasteiger partial charge is 0.460 e. The summed E-state index contributed by atoms with van der Waals surface area (Å²) >= 11 is 1.59. The Bertz CT molecular complexity index is 680. The average molecular weight is 347 g/mol. The van der Waals surface area contributed by atoms with Crippen molar-refractivity contribution in [3.8, 4) is 6.01 Å². The Labute approximate surface area is 143 Å². The van der Waals surface area contributed by atoms with Gasteiger partial charge in [-0.2, -0.15) is 0 Å². The third kappa shape index (κ3) is 4.86. The topological polar surface area (TPSA) is 64.1 Å². The van der Waals surface area contributed by atoms with Crippen molar-refractivity contribution in [2.75, 3.05) is 0 Å². The summed E-state index contributed by atoms with van der Waals surface area (Å²) in [4.78, 5) is 20.6. The number of nitrogens with zero attached hydrogens (tertiary/aromatic N) is 2. The molecule has 1 aliphatic rings. The van der Waals surface area contributed by atoms with Crippen LogP contribution in [0.5, 0.6) is 6.01 Å². The Morgan fingerprint density at radius 3 is 2.71 bits per heavy atom. The van der Waals surface area contributed by atoms with Crippen LogP contribution < -0.4 is 10.1 Å². The Morgan fingerprint density at radius 2 is 2.04 bits per heavy atom. The Kier molecular flexibility index (Phi) is 5.53. The van der Waals surface area contributed by atoms with Crippen molar-refractivity contribution in [1.82, 2.24) is 15.3 Å². The molecule has 0 bridgehead atoms. The molecule has 7 heteroatoms. The molecule has 0 unspecified atom stereocenters. The van der Waals surface area contributed by atoms with Crippen LogP contribution in [0.3, 0.4) is 0 Å². The van der Waals surface area contributed by atoms with E-state index in [-0.39, 0.29) is 24.1 Å². The predicted octanol–water partition coefficient (Wildman–Crippen LogP) is 3.20. The minimum atomic E-state index is -0.482. The predicted molar refractivity (Wildman–Crippen MR) is 90.2 cm³/mol. The van der Waals surface area contributed by atoms with Gasteiger partial charge in [0.15, 0.2) is 5.82 Å². The average Bonchev–Trinajstić information content (AvgIpc) is 3.10. The van der Waals surface area contributed by atoms with E-state index < -0.39 is 5.82 Å². The lowest BCUT2D eigenvalue weighted by molar-refractivity contribution is -0.117. The number of carbonyl (C=O) groups is 1. The maximum absolute atomic E-state index is 12.8. The maximum Gasteiger partial charge on any atom is 0.316 e. The first-order valence-corrected chi connectivity index (χ1v) is 8.73. The van der Waals surface area contributed by atoms with Crippen LogP contribution in [0.15, 0.2) is 36.0 Å². The standard InChI is InChI=1S/C17H18FN3O2S/c18-12-10-19-17(20-11-12)23-14-5-3-13(4-6-14)21-16(22)8-7-15-2-1-9-24-15/h1-2,7-11,13-14H,3-6H2,(H,21,22)/b8-7+. The number of halogens is 1. The second kappa shape index (κ2) is 8.01. The Hall–Kier alpha value is -2.28. The number of rotatable bonds is 5. The first kappa shape index (κ1) is 16.6. The minimum Gasteiger partial charge on any atom is -0.460 e. The fourth-order valence-electron chi connectivity index (χ4n) is 2.63. The SMILES string of the molecule is O=C(/C=C/c1cccs1)NC1CCC(Oc2ncc(F)cn2)CC1. The fraction of sp³-hybridized carbons (Fsp3) is 0.353. The van der Waals surface area contributed by atoms with Crippen molar-refractivity contribution in [1.29, 1.82) is 0 Å². The molecule has 24 heavy (non-hydrogen) atoms. The molecule has 0 aromatic carbocycles. The first-order chi connectivity index (χ1) is 11.7. The zero-order valence-electron chi connectivity index (χ0n) is 13.0. The van der Waals surface area contributed by atoms with Gasteiger partial charge in [-0.3, -0.25) is 4.79 Å². The van der Waals surface area contributed by atoms with Gasteiger partial charge in [0.2, 0.25) is 5.91 Å². The molecule has 0 spiro atoms. The highest BCUT2D eigenvalue weighted by molar-refractivity contribution is 7.10. The summed E-state index contributed by atoms with van der Waals surface area (Å²) in [6.07, 6.45) is 8.87. The number of thiophene rings is 1. The molecule has 3 rings (SSSR count). The third-order valence-electron chi connectivity index (χ3n) is 3.83. The van der Waals surface area contributed by atoms with Crippen molar-refractivity contribution >= 4 is 23.3 Å². The van der Waals surface area contributed by atoms with Gasteiger partial charge in [0.1, 0.15) is 6.10 Å². The number of aromatic nitrogens is 2. The van der Waals surface area contributed by atoms with Crippen LogP contribution in [-0.4, -0.2) is 28.0 Å². The Morgan fingerprint density at radius 1 is 1.29 bits per heavy atom. The van der Waals surface area contributed by atoms with E-state index in [0.29, 0.717) is 0 Å². The zero-order valence-corrected chi connectivity index (χ0v) is 13.8. The van der Waals surface area contributed by atoms with Gasteiger partial charge in [0.05, 0.1) is 12.4 Å². The molecule has 2 aromatic heterocycles. The quantitative estimate of drug-likeness (QED) is 0.844. The number of ether oxygens (including phenoxy) is 1. The lowest BCUT2D eigenvalue weighted by Gasteiger charge is -2.28. The van der Waals surface area contributed by atoms with E-state index in [1.807, 2.05) is 23.6 Å². The lowest BCUT2D eigenvalue weighted by atomic mass is 9.93. The zero-order chi connectivity index (χ0) is 16.8. The van der Waals surface area contributed by atoms with E-state index in [9.17, 15) is 9.18 Å². The van der Waals surface area contributed by atoms with Crippen molar-refractivity contribution in [3.05, 3.63) is 46.7 Å². The number of carbonyl (C=O) groups excluding carboxylic acids is 1. The number of hydrogen-bond acceptors (Lipinski definition) is 5. The Balaban J connectivity index is 1.41. The van der Waals surface area contributed by atoms with Crippen molar-refractivity contribution in [3.63, 3.8) is 0 Å². The summed E-state index contributed by atoms with van der Waals surface area (Å²) in [6, 6.07) is 4.27. The smallest absolute Gasteiger partial charge is 0.316 e. The summed E-state index contributed by atoms with van der Waals surface area (Å²) in [5.74, 6) is -0.556. The van der Waals surface area contributed by atoms with Gasteiger partial charge >= 0.3 is 6.01 Å². The van der Waals surface area contributed by atoms with Gasteiger partial charge < -0.3 is 10.1 Å². The lowest BCUT2D eigenvalue weighted by Crippen LogP contribution is -2.39. The highest BCUT2D eigenvalue weighted by atomic mass is 32.1. The van der Waals surface area contributed by atoms with E-state index in [4.69, 9.17) is 4.74 Å². The van der Waals surface area contributed by atoms with E-state index in [1.54, 1.807) is 17.4 Å². The molecular formula is C17H18FN3O2S. The molecule has 0 aliphatic heterocycles. The summed E-state index contributed by atoms with van der Waals surface area (Å²) in [5, 5.41) is 4.99. The monoisotopic (exact) mass is 347 g/mol. The van der Waals surface area contributed by atoms with Crippen LogP contribution in [0.4, 0.5) is 4.39 Å². The van der Waals surface area contributed by atoms with Crippen LogP contribution in [0.1, 0.15) is 30.6 Å². The second-order valence-corrected chi connectivity index (χ2v) is 6.61. The minimum absolute atomic E-state index is 0.00488. The van der Waals surface area contributed by atoms with Crippen molar-refractivity contribution < 1.29 is 13.9 Å². The van der Waals surface area contributed by atoms with Gasteiger partial charge in [-0.15, -0.1) is 11.3 Å². The number of amides is 1. The normalized spacial score (nSPS) is 20.9.